The Morgan fingerprint density at radius 1 is 1.03 bits per heavy atom. The van der Waals surface area contributed by atoms with E-state index in [1.165, 1.54) is 4.90 Å². The summed E-state index contributed by atoms with van der Waals surface area (Å²) in [6, 6.07) is 11.1. The van der Waals surface area contributed by atoms with Crippen molar-refractivity contribution in [1.29, 1.82) is 0 Å². The number of nitrogens with one attached hydrogen (secondary N) is 1. The van der Waals surface area contributed by atoms with Gasteiger partial charge in [0.25, 0.3) is 0 Å². The van der Waals surface area contributed by atoms with Crippen molar-refractivity contribution in [2.75, 3.05) is 23.7 Å². The number of amides is 2. The van der Waals surface area contributed by atoms with Gasteiger partial charge in [-0.15, -0.1) is 0 Å². The highest BCUT2D eigenvalue weighted by Crippen LogP contribution is 2.28. The molecule has 2 amide bonds. The second kappa shape index (κ2) is 12.4. The van der Waals surface area contributed by atoms with E-state index >= 15 is 0 Å². The summed E-state index contributed by atoms with van der Waals surface area (Å²) < 4.78 is 26.4. The minimum absolute atomic E-state index is 0.0409. The van der Waals surface area contributed by atoms with Gasteiger partial charge in [-0.05, 0) is 43.5 Å². The van der Waals surface area contributed by atoms with E-state index in [0.29, 0.717) is 39.8 Å². The fourth-order valence-corrected chi connectivity index (χ4v) is 5.00. The van der Waals surface area contributed by atoms with Crippen molar-refractivity contribution >= 4 is 50.7 Å². The molecule has 10 heteroatoms. The third-order valence-corrected chi connectivity index (χ3v) is 7.22. The smallest absolute Gasteiger partial charge is 0.244 e. The predicted molar refractivity (Wildman–Crippen MR) is 138 cm³/mol. The van der Waals surface area contributed by atoms with E-state index in [-0.39, 0.29) is 12.5 Å². The molecular formula is C24H31Cl2N3O4S. The average Bonchev–Trinajstić information content (AvgIpc) is 2.77. The zero-order chi connectivity index (χ0) is 25.5. The minimum atomic E-state index is -3.79. The second-order valence-corrected chi connectivity index (χ2v) is 10.7. The first kappa shape index (κ1) is 28.0. The highest BCUT2D eigenvalue weighted by Gasteiger charge is 2.32. The molecule has 7 nitrogen and oxygen atoms in total. The molecule has 0 saturated heterocycles. The van der Waals surface area contributed by atoms with E-state index in [1.54, 1.807) is 56.3 Å². The lowest BCUT2D eigenvalue weighted by Gasteiger charge is -2.33. The number of aryl methyl sites for hydroxylation is 1. The van der Waals surface area contributed by atoms with E-state index < -0.39 is 28.5 Å². The molecule has 0 heterocycles. The normalized spacial score (nSPS) is 12.2. The fourth-order valence-electron chi connectivity index (χ4n) is 3.58. The monoisotopic (exact) mass is 527 g/mol. The fraction of sp³-hybridized carbons (Fsp3) is 0.417. The van der Waals surface area contributed by atoms with Crippen LogP contribution in [0.15, 0.2) is 42.5 Å². The number of hydrogen-bond acceptors (Lipinski definition) is 4. The summed E-state index contributed by atoms with van der Waals surface area (Å²) in [5.41, 5.74) is 1.59. The number of carbonyl (C=O) groups excluding carboxylic acids is 2. The van der Waals surface area contributed by atoms with Crippen LogP contribution in [-0.2, 0) is 26.2 Å². The Morgan fingerprint density at radius 2 is 1.65 bits per heavy atom. The van der Waals surface area contributed by atoms with Crippen LogP contribution in [0.4, 0.5) is 5.69 Å². The molecule has 34 heavy (non-hydrogen) atoms. The number of sulfonamides is 1. The molecule has 0 fully saturated rings. The van der Waals surface area contributed by atoms with Gasteiger partial charge < -0.3 is 10.2 Å². The number of para-hydroxylation sites is 1. The summed E-state index contributed by atoms with van der Waals surface area (Å²) in [4.78, 5) is 27.9. The van der Waals surface area contributed by atoms with E-state index in [4.69, 9.17) is 23.2 Å². The van der Waals surface area contributed by atoms with Gasteiger partial charge in [0.2, 0.25) is 21.8 Å². The first-order valence-corrected chi connectivity index (χ1v) is 13.6. The average molecular weight is 529 g/mol. The molecular weight excluding hydrogens is 497 g/mol. The number of carbonyl (C=O) groups is 2. The summed E-state index contributed by atoms with van der Waals surface area (Å²) in [5, 5.41) is 3.54. The maximum absolute atomic E-state index is 13.6. The first-order chi connectivity index (χ1) is 16.0. The van der Waals surface area contributed by atoms with Crippen molar-refractivity contribution in [3.05, 3.63) is 63.6 Å². The molecule has 1 atom stereocenters. The van der Waals surface area contributed by atoms with Crippen LogP contribution in [0.3, 0.4) is 0 Å². The Kier molecular flexibility index (Phi) is 10.2. The SMILES string of the molecule is CCCNC(=O)[C@H](CC)N(Cc1c(Cl)cccc1Cl)C(=O)CN(c1ccccc1C)S(C)(=O)=O. The van der Waals surface area contributed by atoms with Gasteiger partial charge in [0.15, 0.2) is 0 Å². The van der Waals surface area contributed by atoms with Gasteiger partial charge in [-0.2, -0.15) is 0 Å². The molecule has 2 rings (SSSR count). The number of halogens is 2. The standard InChI is InChI=1S/C24H31Cl2N3O4S/c1-5-14-27-24(31)21(6-2)28(15-18-19(25)11-9-12-20(18)26)23(30)16-29(34(4,32)33)22-13-8-7-10-17(22)3/h7-13,21H,5-6,14-16H2,1-4H3,(H,27,31)/t21-/m0/s1. The highest BCUT2D eigenvalue weighted by atomic mass is 35.5. The molecule has 186 valence electrons. The Morgan fingerprint density at radius 3 is 2.18 bits per heavy atom. The van der Waals surface area contributed by atoms with Crippen LogP contribution < -0.4 is 9.62 Å². The lowest BCUT2D eigenvalue weighted by molar-refractivity contribution is -0.140. The third kappa shape index (κ3) is 7.10. The van der Waals surface area contributed by atoms with Crippen LogP contribution in [0.25, 0.3) is 0 Å². The zero-order valence-electron chi connectivity index (χ0n) is 19.8. The van der Waals surface area contributed by atoms with Crippen molar-refractivity contribution < 1.29 is 18.0 Å². The Hall–Kier alpha value is -2.29. The highest BCUT2D eigenvalue weighted by molar-refractivity contribution is 7.92. The number of anilines is 1. The van der Waals surface area contributed by atoms with Gasteiger partial charge in [0, 0.05) is 28.7 Å². The van der Waals surface area contributed by atoms with Gasteiger partial charge in [-0.25, -0.2) is 8.42 Å². The summed E-state index contributed by atoms with van der Waals surface area (Å²) in [6.07, 6.45) is 2.11. The van der Waals surface area contributed by atoms with Crippen molar-refractivity contribution in [3.63, 3.8) is 0 Å². The summed E-state index contributed by atoms with van der Waals surface area (Å²) in [5.74, 6) is -0.856. The Labute approximate surface area is 212 Å². The van der Waals surface area contributed by atoms with E-state index in [1.807, 2.05) is 6.92 Å². The Bertz CT molecular complexity index is 1100. The van der Waals surface area contributed by atoms with Crippen LogP contribution in [0.2, 0.25) is 10.0 Å². The first-order valence-electron chi connectivity index (χ1n) is 11.0. The maximum atomic E-state index is 13.6. The van der Waals surface area contributed by atoms with Crippen LogP contribution >= 0.6 is 23.2 Å². The van der Waals surface area contributed by atoms with E-state index in [9.17, 15) is 18.0 Å². The third-order valence-electron chi connectivity index (χ3n) is 5.39. The molecule has 0 radical (unpaired) electrons. The van der Waals surface area contributed by atoms with Crippen molar-refractivity contribution in [2.24, 2.45) is 0 Å². The number of nitrogens with zero attached hydrogens (tertiary/aromatic N) is 2. The molecule has 0 aliphatic rings. The molecule has 2 aromatic carbocycles. The molecule has 1 N–H and O–H groups in total. The number of benzene rings is 2. The van der Waals surface area contributed by atoms with Crippen molar-refractivity contribution in [3.8, 4) is 0 Å². The summed E-state index contributed by atoms with van der Waals surface area (Å²) in [6.45, 7) is 5.44. The van der Waals surface area contributed by atoms with Gasteiger partial charge in [-0.1, -0.05) is 61.3 Å². The molecule has 0 aliphatic carbocycles. The zero-order valence-corrected chi connectivity index (χ0v) is 22.2. The lowest BCUT2D eigenvalue weighted by Crippen LogP contribution is -2.52. The van der Waals surface area contributed by atoms with Crippen molar-refractivity contribution in [1.82, 2.24) is 10.2 Å². The topological polar surface area (TPSA) is 86.8 Å². The van der Waals surface area contributed by atoms with Crippen molar-refractivity contribution in [2.45, 2.75) is 46.2 Å². The molecule has 2 aromatic rings. The quantitative estimate of drug-likeness (QED) is 0.469. The maximum Gasteiger partial charge on any atom is 0.244 e. The summed E-state index contributed by atoms with van der Waals surface area (Å²) in [7, 11) is -3.79. The van der Waals surface area contributed by atoms with Gasteiger partial charge in [-0.3, -0.25) is 13.9 Å². The van der Waals surface area contributed by atoms with Crippen LogP contribution in [0.1, 0.15) is 37.8 Å². The second-order valence-electron chi connectivity index (χ2n) is 7.99. The molecule has 0 unspecified atom stereocenters. The van der Waals surface area contributed by atoms with Crippen LogP contribution in [0.5, 0.6) is 0 Å². The molecule has 0 aromatic heterocycles. The molecule has 0 aliphatic heterocycles. The van der Waals surface area contributed by atoms with Crippen LogP contribution in [-0.4, -0.2) is 50.5 Å². The lowest BCUT2D eigenvalue weighted by atomic mass is 10.1. The Balaban J connectivity index is 2.50. The van der Waals surface area contributed by atoms with Crippen LogP contribution in [0, 0.1) is 6.92 Å². The number of hydrogen-bond donors (Lipinski definition) is 1. The molecule has 0 spiro atoms. The van der Waals surface area contributed by atoms with E-state index in [0.717, 1.165) is 17.0 Å². The molecule has 0 saturated carbocycles. The summed E-state index contributed by atoms with van der Waals surface area (Å²) >= 11 is 12.7. The largest absolute Gasteiger partial charge is 0.354 e. The van der Waals surface area contributed by atoms with Gasteiger partial charge in [0.05, 0.1) is 11.9 Å². The van der Waals surface area contributed by atoms with Gasteiger partial charge >= 0.3 is 0 Å². The predicted octanol–water partition coefficient (Wildman–Crippen LogP) is 4.40. The van der Waals surface area contributed by atoms with E-state index in [2.05, 4.69) is 5.32 Å². The minimum Gasteiger partial charge on any atom is -0.354 e. The molecule has 0 bridgehead atoms. The van der Waals surface area contributed by atoms with Gasteiger partial charge in [0.1, 0.15) is 12.6 Å². The number of rotatable bonds is 11.